The SMILES string of the molecule is C=C(c1nc(N)nc2c1ncn2C)S(C)=O. The Morgan fingerprint density at radius 2 is 2.25 bits per heavy atom. The number of nitrogens with zero attached hydrogens (tertiary/aromatic N) is 4. The number of anilines is 1. The molecule has 1 atom stereocenters. The van der Waals surface area contributed by atoms with Crippen LogP contribution in [-0.4, -0.2) is 30.0 Å². The van der Waals surface area contributed by atoms with Crippen molar-refractivity contribution in [3.05, 3.63) is 18.6 Å². The number of nitrogen functional groups attached to an aromatic ring is 1. The van der Waals surface area contributed by atoms with Crippen LogP contribution in [0.4, 0.5) is 5.95 Å². The van der Waals surface area contributed by atoms with Crippen molar-refractivity contribution in [2.45, 2.75) is 0 Å². The van der Waals surface area contributed by atoms with Gasteiger partial charge >= 0.3 is 0 Å². The van der Waals surface area contributed by atoms with Crippen LogP contribution in [0.15, 0.2) is 12.9 Å². The summed E-state index contributed by atoms with van der Waals surface area (Å²) in [6.07, 6.45) is 3.14. The summed E-state index contributed by atoms with van der Waals surface area (Å²) in [4.78, 5) is 12.6. The van der Waals surface area contributed by atoms with Crippen molar-refractivity contribution in [3.8, 4) is 0 Å². The smallest absolute Gasteiger partial charge is 0.222 e. The van der Waals surface area contributed by atoms with Gasteiger partial charge in [-0.3, -0.25) is 4.21 Å². The molecule has 0 aliphatic carbocycles. The third-order valence-electron chi connectivity index (χ3n) is 2.19. The van der Waals surface area contributed by atoms with Gasteiger partial charge in [0.05, 0.1) is 22.0 Å². The fourth-order valence-electron chi connectivity index (χ4n) is 1.35. The number of rotatable bonds is 2. The van der Waals surface area contributed by atoms with Crippen molar-refractivity contribution in [1.82, 2.24) is 19.5 Å². The molecular weight excluding hydrogens is 226 g/mol. The third kappa shape index (κ3) is 1.58. The summed E-state index contributed by atoms with van der Waals surface area (Å²) < 4.78 is 13.1. The lowest BCUT2D eigenvalue weighted by Gasteiger charge is -2.03. The number of nitrogens with two attached hydrogens (primary N) is 1. The second kappa shape index (κ2) is 3.67. The molecule has 0 aliphatic rings. The van der Waals surface area contributed by atoms with E-state index in [1.807, 2.05) is 0 Å². The first-order valence-corrected chi connectivity index (χ1v) is 6.03. The Balaban J connectivity index is 2.78. The number of imidazole rings is 1. The number of hydrogen-bond acceptors (Lipinski definition) is 5. The maximum atomic E-state index is 11.4. The van der Waals surface area contributed by atoms with Gasteiger partial charge in [-0.25, -0.2) is 9.97 Å². The van der Waals surface area contributed by atoms with Crippen LogP contribution < -0.4 is 5.73 Å². The second-order valence-electron chi connectivity index (χ2n) is 3.34. The zero-order valence-corrected chi connectivity index (χ0v) is 9.78. The molecule has 0 spiro atoms. The molecule has 0 radical (unpaired) electrons. The topological polar surface area (TPSA) is 86.7 Å². The molecule has 2 heterocycles. The Labute approximate surface area is 94.7 Å². The van der Waals surface area contributed by atoms with Crippen LogP contribution in [0.2, 0.25) is 0 Å². The standard InChI is InChI=1S/C9H11N5OS/c1-5(16(3)15)6-7-8(13-9(10)12-6)14(2)4-11-7/h4H,1H2,2-3H3,(H2,10,12,13). The van der Waals surface area contributed by atoms with E-state index in [2.05, 4.69) is 21.5 Å². The van der Waals surface area contributed by atoms with Crippen LogP contribution in [0.5, 0.6) is 0 Å². The van der Waals surface area contributed by atoms with Crippen molar-refractivity contribution >= 4 is 32.8 Å². The minimum atomic E-state index is -1.21. The summed E-state index contributed by atoms with van der Waals surface area (Å²) in [5.41, 5.74) is 7.21. The van der Waals surface area contributed by atoms with Gasteiger partial charge < -0.3 is 10.3 Å². The molecule has 16 heavy (non-hydrogen) atoms. The Kier molecular flexibility index (Phi) is 2.47. The summed E-state index contributed by atoms with van der Waals surface area (Å²) >= 11 is 0. The highest BCUT2D eigenvalue weighted by atomic mass is 32.2. The van der Waals surface area contributed by atoms with Gasteiger partial charge in [0, 0.05) is 13.3 Å². The van der Waals surface area contributed by atoms with E-state index in [0.29, 0.717) is 21.8 Å². The van der Waals surface area contributed by atoms with Crippen LogP contribution in [0.1, 0.15) is 5.69 Å². The van der Waals surface area contributed by atoms with E-state index in [1.54, 1.807) is 17.9 Å². The molecule has 2 rings (SSSR count). The van der Waals surface area contributed by atoms with Gasteiger partial charge in [-0.2, -0.15) is 4.98 Å². The molecular formula is C9H11N5OS. The van der Waals surface area contributed by atoms with E-state index in [9.17, 15) is 4.21 Å². The lowest BCUT2D eigenvalue weighted by atomic mass is 10.3. The first kappa shape index (κ1) is 10.7. The number of aromatic nitrogens is 4. The molecule has 1 unspecified atom stereocenters. The molecule has 2 aromatic heterocycles. The van der Waals surface area contributed by atoms with Crippen LogP contribution in [-0.2, 0) is 17.8 Å². The van der Waals surface area contributed by atoms with E-state index in [0.717, 1.165) is 0 Å². The summed E-state index contributed by atoms with van der Waals surface area (Å²) in [7, 11) is 0.597. The fraction of sp³-hybridized carbons (Fsp3) is 0.222. The van der Waals surface area contributed by atoms with E-state index in [-0.39, 0.29) is 5.95 Å². The molecule has 84 valence electrons. The Bertz CT molecular complexity index is 603. The number of fused-ring (bicyclic) bond motifs is 1. The summed E-state index contributed by atoms with van der Waals surface area (Å²) in [6.45, 7) is 3.73. The van der Waals surface area contributed by atoms with E-state index >= 15 is 0 Å². The molecule has 0 amide bonds. The van der Waals surface area contributed by atoms with E-state index in [1.165, 1.54) is 6.26 Å². The first-order valence-electron chi connectivity index (χ1n) is 4.48. The largest absolute Gasteiger partial charge is 0.368 e. The molecule has 7 heteroatoms. The monoisotopic (exact) mass is 237 g/mol. The predicted octanol–water partition coefficient (Wildman–Crippen LogP) is 0.295. The molecule has 0 aromatic carbocycles. The minimum Gasteiger partial charge on any atom is -0.368 e. The van der Waals surface area contributed by atoms with E-state index < -0.39 is 10.8 Å². The number of hydrogen-bond donors (Lipinski definition) is 1. The van der Waals surface area contributed by atoms with Gasteiger partial charge in [-0.15, -0.1) is 0 Å². The molecule has 0 bridgehead atoms. The van der Waals surface area contributed by atoms with Gasteiger partial charge in [-0.05, 0) is 0 Å². The average Bonchev–Trinajstić information content (AvgIpc) is 2.58. The normalized spacial score (nSPS) is 12.9. The lowest BCUT2D eigenvalue weighted by molar-refractivity contribution is 0.692. The van der Waals surface area contributed by atoms with Crippen LogP contribution in [0.25, 0.3) is 16.1 Å². The third-order valence-corrected chi connectivity index (χ3v) is 3.08. The molecule has 2 N–H and O–H groups in total. The lowest BCUT2D eigenvalue weighted by Crippen LogP contribution is -2.03. The highest BCUT2D eigenvalue weighted by Gasteiger charge is 2.15. The highest BCUT2D eigenvalue weighted by Crippen LogP contribution is 2.22. The molecule has 0 saturated heterocycles. The quantitative estimate of drug-likeness (QED) is 0.811. The van der Waals surface area contributed by atoms with Crippen molar-refractivity contribution < 1.29 is 4.21 Å². The Morgan fingerprint density at radius 3 is 2.88 bits per heavy atom. The fourth-order valence-corrected chi connectivity index (χ4v) is 1.77. The van der Waals surface area contributed by atoms with Crippen molar-refractivity contribution in [3.63, 3.8) is 0 Å². The zero-order chi connectivity index (χ0) is 11.9. The minimum absolute atomic E-state index is 0.123. The maximum absolute atomic E-state index is 11.4. The number of aryl methyl sites for hydroxylation is 1. The summed E-state index contributed by atoms with van der Waals surface area (Å²) in [5, 5.41) is 0. The van der Waals surface area contributed by atoms with Gasteiger partial charge in [0.15, 0.2) is 5.65 Å². The molecule has 0 saturated carbocycles. The summed E-state index contributed by atoms with van der Waals surface area (Å²) in [5.74, 6) is 0.123. The van der Waals surface area contributed by atoms with Crippen LogP contribution >= 0.6 is 0 Å². The highest BCUT2D eigenvalue weighted by molar-refractivity contribution is 7.93. The van der Waals surface area contributed by atoms with Gasteiger partial charge in [0.1, 0.15) is 11.2 Å². The predicted molar refractivity (Wildman–Crippen MR) is 63.8 cm³/mol. The van der Waals surface area contributed by atoms with Gasteiger partial charge in [0.2, 0.25) is 5.95 Å². The van der Waals surface area contributed by atoms with Crippen molar-refractivity contribution in [1.29, 1.82) is 0 Å². The Morgan fingerprint density at radius 1 is 1.56 bits per heavy atom. The van der Waals surface area contributed by atoms with Crippen LogP contribution in [0.3, 0.4) is 0 Å². The second-order valence-corrected chi connectivity index (χ2v) is 4.74. The van der Waals surface area contributed by atoms with Crippen molar-refractivity contribution in [2.75, 3.05) is 12.0 Å². The van der Waals surface area contributed by atoms with E-state index in [4.69, 9.17) is 5.73 Å². The maximum Gasteiger partial charge on any atom is 0.222 e. The Hall–Kier alpha value is -1.76. The van der Waals surface area contributed by atoms with Crippen LogP contribution in [0, 0.1) is 0 Å². The molecule has 2 aromatic rings. The molecule has 6 nitrogen and oxygen atoms in total. The first-order chi connectivity index (χ1) is 7.50. The van der Waals surface area contributed by atoms with Gasteiger partial charge in [-0.1, -0.05) is 6.58 Å². The molecule has 0 aliphatic heterocycles. The van der Waals surface area contributed by atoms with Crippen molar-refractivity contribution in [2.24, 2.45) is 7.05 Å². The van der Waals surface area contributed by atoms with Gasteiger partial charge in [0.25, 0.3) is 0 Å². The molecule has 0 fully saturated rings. The zero-order valence-electron chi connectivity index (χ0n) is 8.97. The summed E-state index contributed by atoms with van der Waals surface area (Å²) in [6, 6.07) is 0. The average molecular weight is 237 g/mol.